The SMILES string of the molecule is CC.CC(C(=O)NCc1ccccc1)C(C)(C)C. The lowest BCUT2D eigenvalue weighted by atomic mass is 9.81. The lowest BCUT2D eigenvalue weighted by Gasteiger charge is -2.26. The maximum atomic E-state index is 11.9. The normalized spacial score (nSPS) is 12.1. The van der Waals surface area contributed by atoms with Crippen LogP contribution in [0.15, 0.2) is 30.3 Å². The average molecular weight is 249 g/mol. The van der Waals surface area contributed by atoms with Crippen LogP contribution in [0, 0.1) is 11.3 Å². The zero-order chi connectivity index (χ0) is 14.2. The summed E-state index contributed by atoms with van der Waals surface area (Å²) >= 11 is 0. The summed E-state index contributed by atoms with van der Waals surface area (Å²) in [5.41, 5.74) is 1.15. The van der Waals surface area contributed by atoms with Crippen LogP contribution in [0.4, 0.5) is 0 Å². The van der Waals surface area contributed by atoms with E-state index in [2.05, 4.69) is 26.1 Å². The first-order chi connectivity index (χ1) is 8.41. The van der Waals surface area contributed by atoms with Gasteiger partial charge in [0.2, 0.25) is 5.91 Å². The molecule has 0 heterocycles. The molecule has 0 radical (unpaired) electrons. The van der Waals surface area contributed by atoms with E-state index < -0.39 is 0 Å². The standard InChI is InChI=1S/C14H21NO.C2H6/c1-11(14(2,3)4)13(16)15-10-12-8-6-5-7-9-12;1-2/h5-9,11H,10H2,1-4H3,(H,15,16);1-2H3. The Kier molecular flexibility index (Phi) is 7.33. The highest BCUT2D eigenvalue weighted by atomic mass is 16.1. The van der Waals surface area contributed by atoms with E-state index >= 15 is 0 Å². The van der Waals surface area contributed by atoms with Gasteiger partial charge in [-0.3, -0.25) is 4.79 Å². The van der Waals surface area contributed by atoms with Crippen molar-refractivity contribution in [1.82, 2.24) is 5.32 Å². The van der Waals surface area contributed by atoms with E-state index in [-0.39, 0.29) is 17.2 Å². The second-order valence-electron chi connectivity index (χ2n) is 5.29. The quantitative estimate of drug-likeness (QED) is 0.861. The van der Waals surface area contributed by atoms with Gasteiger partial charge in [0.1, 0.15) is 0 Å². The van der Waals surface area contributed by atoms with E-state index in [1.165, 1.54) is 0 Å². The van der Waals surface area contributed by atoms with Crippen molar-refractivity contribution >= 4 is 5.91 Å². The molecule has 0 saturated carbocycles. The Morgan fingerprint density at radius 1 is 1.17 bits per heavy atom. The van der Waals surface area contributed by atoms with Crippen molar-refractivity contribution < 1.29 is 4.79 Å². The summed E-state index contributed by atoms with van der Waals surface area (Å²) in [5, 5.41) is 2.97. The average Bonchev–Trinajstić information content (AvgIpc) is 2.37. The first kappa shape index (κ1) is 16.7. The van der Waals surface area contributed by atoms with Gasteiger partial charge in [-0.2, -0.15) is 0 Å². The third-order valence-corrected chi connectivity index (χ3v) is 3.00. The molecule has 1 amide bonds. The maximum Gasteiger partial charge on any atom is 0.223 e. The van der Waals surface area contributed by atoms with E-state index in [0.29, 0.717) is 6.54 Å². The minimum absolute atomic E-state index is 0.0147. The van der Waals surface area contributed by atoms with Crippen molar-refractivity contribution in [3.05, 3.63) is 35.9 Å². The van der Waals surface area contributed by atoms with Gasteiger partial charge >= 0.3 is 0 Å². The van der Waals surface area contributed by atoms with Crippen LogP contribution in [-0.4, -0.2) is 5.91 Å². The fourth-order valence-electron chi connectivity index (χ4n) is 1.33. The van der Waals surface area contributed by atoms with E-state index in [1.807, 2.05) is 51.1 Å². The number of carbonyl (C=O) groups excluding carboxylic acids is 1. The molecule has 0 aromatic heterocycles. The second-order valence-corrected chi connectivity index (χ2v) is 5.29. The Bertz CT molecular complexity index is 338. The molecule has 1 unspecified atom stereocenters. The summed E-state index contributed by atoms with van der Waals surface area (Å²) in [7, 11) is 0. The minimum atomic E-state index is 0.0147. The summed E-state index contributed by atoms with van der Waals surface area (Å²) in [5.74, 6) is 0.146. The summed E-state index contributed by atoms with van der Waals surface area (Å²) in [6.45, 7) is 12.8. The van der Waals surface area contributed by atoms with Crippen molar-refractivity contribution in [2.75, 3.05) is 0 Å². The van der Waals surface area contributed by atoms with Crippen LogP contribution in [0.3, 0.4) is 0 Å². The molecule has 2 heteroatoms. The van der Waals surface area contributed by atoms with Gasteiger partial charge < -0.3 is 5.32 Å². The van der Waals surface area contributed by atoms with Gasteiger partial charge in [-0.25, -0.2) is 0 Å². The van der Waals surface area contributed by atoms with Crippen molar-refractivity contribution in [2.24, 2.45) is 11.3 Å². The molecule has 0 saturated heterocycles. The number of hydrogen-bond donors (Lipinski definition) is 1. The van der Waals surface area contributed by atoms with E-state index in [4.69, 9.17) is 0 Å². The molecule has 2 nitrogen and oxygen atoms in total. The Labute approximate surface area is 112 Å². The van der Waals surface area contributed by atoms with Crippen LogP contribution in [0.25, 0.3) is 0 Å². The summed E-state index contributed by atoms with van der Waals surface area (Å²) < 4.78 is 0. The first-order valence-corrected chi connectivity index (χ1v) is 6.73. The number of benzene rings is 1. The monoisotopic (exact) mass is 249 g/mol. The van der Waals surface area contributed by atoms with Gasteiger partial charge in [0.05, 0.1) is 0 Å². The number of carbonyl (C=O) groups is 1. The number of nitrogens with one attached hydrogen (secondary N) is 1. The van der Waals surface area contributed by atoms with Crippen molar-refractivity contribution in [1.29, 1.82) is 0 Å². The van der Waals surface area contributed by atoms with Crippen LogP contribution in [-0.2, 0) is 11.3 Å². The summed E-state index contributed by atoms with van der Waals surface area (Å²) in [6.07, 6.45) is 0. The van der Waals surface area contributed by atoms with Gasteiger partial charge in [-0.15, -0.1) is 0 Å². The summed E-state index contributed by atoms with van der Waals surface area (Å²) in [4.78, 5) is 11.9. The second kappa shape index (κ2) is 7.91. The predicted molar refractivity (Wildman–Crippen MR) is 78.3 cm³/mol. The predicted octanol–water partition coefficient (Wildman–Crippen LogP) is 4.01. The lowest BCUT2D eigenvalue weighted by molar-refractivity contribution is -0.127. The molecule has 0 fully saturated rings. The van der Waals surface area contributed by atoms with Crippen LogP contribution < -0.4 is 5.32 Å². The zero-order valence-corrected chi connectivity index (χ0v) is 12.6. The van der Waals surface area contributed by atoms with E-state index in [0.717, 1.165) is 5.56 Å². The van der Waals surface area contributed by atoms with Crippen molar-refractivity contribution in [3.8, 4) is 0 Å². The van der Waals surface area contributed by atoms with Gasteiger partial charge in [0.25, 0.3) is 0 Å². The Morgan fingerprint density at radius 3 is 2.11 bits per heavy atom. The Hall–Kier alpha value is -1.31. The fourth-order valence-corrected chi connectivity index (χ4v) is 1.33. The third-order valence-electron chi connectivity index (χ3n) is 3.00. The van der Waals surface area contributed by atoms with Crippen LogP contribution in [0.1, 0.15) is 47.1 Å². The highest BCUT2D eigenvalue weighted by Crippen LogP contribution is 2.25. The Balaban J connectivity index is 0.00000137. The van der Waals surface area contributed by atoms with E-state index in [9.17, 15) is 4.79 Å². The van der Waals surface area contributed by atoms with Gasteiger partial charge in [-0.1, -0.05) is 71.9 Å². The summed E-state index contributed by atoms with van der Waals surface area (Å²) in [6, 6.07) is 9.97. The van der Waals surface area contributed by atoms with Gasteiger partial charge in [0, 0.05) is 12.5 Å². The molecule has 1 atom stereocenters. The highest BCUT2D eigenvalue weighted by Gasteiger charge is 2.26. The molecular weight excluding hydrogens is 222 g/mol. The van der Waals surface area contributed by atoms with E-state index in [1.54, 1.807) is 0 Å². The smallest absolute Gasteiger partial charge is 0.223 e. The highest BCUT2D eigenvalue weighted by molar-refractivity contribution is 5.78. The van der Waals surface area contributed by atoms with Crippen molar-refractivity contribution in [2.45, 2.75) is 48.1 Å². The van der Waals surface area contributed by atoms with Gasteiger partial charge in [-0.05, 0) is 11.0 Å². The van der Waals surface area contributed by atoms with Crippen molar-refractivity contribution in [3.63, 3.8) is 0 Å². The number of hydrogen-bond acceptors (Lipinski definition) is 1. The molecule has 18 heavy (non-hydrogen) atoms. The molecule has 1 N–H and O–H groups in total. The van der Waals surface area contributed by atoms with Crippen LogP contribution in [0.5, 0.6) is 0 Å². The molecule has 102 valence electrons. The third kappa shape index (κ3) is 5.85. The molecule has 0 bridgehead atoms. The lowest BCUT2D eigenvalue weighted by Crippen LogP contribution is -2.35. The number of rotatable bonds is 3. The first-order valence-electron chi connectivity index (χ1n) is 6.73. The largest absolute Gasteiger partial charge is 0.352 e. The molecule has 1 aromatic carbocycles. The minimum Gasteiger partial charge on any atom is -0.352 e. The molecule has 1 aromatic rings. The topological polar surface area (TPSA) is 29.1 Å². The molecule has 1 rings (SSSR count). The number of amides is 1. The zero-order valence-electron chi connectivity index (χ0n) is 12.6. The molecule has 0 aliphatic heterocycles. The molecule has 0 spiro atoms. The van der Waals surface area contributed by atoms with Crippen LogP contribution >= 0.6 is 0 Å². The molecule has 0 aliphatic carbocycles. The maximum absolute atomic E-state index is 11.9. The molecular formula is C16H27NO. The Morgan fingerprint density at radius 2 is 1.67 bits per heavy atom. The molecule has 0 aliphatic rings. The van der Waals surface area contributed by atoms with Crippen LogP contribution in [0.2, 0.25) is 0 Å². The fraction of sp³-hybridized carbons (Fsp3) is 0.562. The van der Waals surface area contributed by atoms with Gasteiger partial charge in [0.15, 0.2) is 0 Å².